The molecule has 2 heterocycles. The number of halogens is 4. The van der Waals surface area contributed by atoms with Crippen LogP contribution >= 0.6 is 0 Å². The van der Waals surface area contributed by atoms with Gasteiger partial charge in [-0.2, -0.15) is 18.4 Å². The lowest BCUT2D eigenvalue weighted by Gasteiger charge is -2.36. The van der Waals surface area contributed by atoms with E-state index in [4.69, 9.17) is 5.14 Å². The van der Waals surface area contributed by atoms with Gasteiger partial charge in [0.1, 0.15) is 11.1 Å². The van der Waals surface area contributed by atoms with Gasteiger partial charge in [0, 0.05) is 31.3 Å². The van der Waals surface area contributed by atoms with Crippen LogP contribution in [0.15, 0.2) is 17.0 Å². The highest BCUT2D eigenvalue weighted by Gasteiger charge is 2.41. The molecule has 2 atom stereocenters. The molecule has 154 valence electrons. The lowest BCUT2D eigenvalue weighted by Crippen LogP contribution is -2.43. The molecule has 2 aromatic rings. The van der Waals surface area contributed by atoms with Crippen molar-refractivity contribution in [2.75, 3.05) is 24.6 Å². The Morgan fingerprint density at radius 3 is 2.57 bits per heavy atom. The number of nitrogens with zero attached hydrogens (tertiary/aromatic N) is 4. The molecule has 0 amide bonds. The number of tetrazole rings is 1. The molecule has 3 rings (SSSR count). The minimum absolute atomic E-state index is 0.0301. The third-order valence-electron chi connectivity index (χ3n) is 4.55. The van der Waals surface area contributed by atoms with Gasteiger partial charge in [-0.25, -0.2) is 17.9 Å². The van der Waals surface area contributed by atoms with Crippen molar-refractivity contribution >= 4 is 15.7 Å². The SMILES string of the molecule is NS(=O)(=O)c1c(C(F)(F)F)ccc(N2CC[C@H](CO)[C@H](F)C2)c1-c1nn[nH]n1. The molecule has 0 saturated carbocycles. The Balaban J connectivity index is 2.25. The number of aliphatic hydroxyl groups excluding tert-OH is 1. The maximum atomic E-state index is 14.3. The summed E-state index contributed by atoms with van der Waals surface area (Å²) in [7, 11) is -4.87. The number of rotatable bonds is 4. The average molecular weight is 424 g/mol. The molecule has 1 aromatic carbocycles. The molecule has 14 heteroatoms. The Morgan fingerprint density at radius 2 is 2.07 bits per heavy atom. The molecule has 0 spiro atoms. The quantitative estimate of drug-likeness (QED) is 0.614. The van der Waals surface area contributed by atoms with Gasteiger partial charge in [0.25, 0.3) is 0 Å². The van der Waals surface area contributed by atoms with E-state index in [0.29, 0.717) is 6.07 Å². The number of aromatic nitrogens is 4. The van der Waals surface area contributed by atoms with Gasteiger partial charge in [-0.3, -0.25) is 0 Å². The summed E-state index contributed by atoms with van der Waals surface area (Å²) in [5.41, 5.74) is -2.03. The molecule has 0 bridgehead atoms. The molecule has 1 saturated heterocycles. The summed E-state index contributed by atoms with van der Waals surface area (Å²) in [6, 6.07) is 1.60. The van der Waals surface area contributed by atoms with Crippen molar-refractivity contribution in [3.05, 3.63) is 17.7 Å². The van der Waals surface area contributed by atoms with Crippen LogP contribution in [0, 0.1) is 5.92 Å². The Bertz CT molecular complexity index is 951. The summed E-state index contributed by atoms with van der Waals surface area (Å²) < 4.78 is 78.8. The summed E-state index contributed by atoms with van der Waals surface area (Å²) in [6.45, 7) is -0.459. The van der Waals surface area contributed by atoms with Gasteiger partial charge in [-0.05, 0) is 23.8 Å². The van der Waals surface area contributed by atoms with E-state index in [0.717, 1.165) is 6.07 Å². The molecule has 9 nitrogen and oxygen atoms in total. The second kappa shape index (κ2) is 7.25. The van der Waals surface area contributed by atoms with E-state index in [1.165, 1.54) is 4.90 Å². The van der Waals surface area contributed by atoms with Crippen molar-refractivity contribution in [1.29, 1.82) is 0 Å². The molecule has 0 unspecified atom stereocenters. The maximum Gasteiger partial charge on any atom is 0.417 e. The number of aromatic amines is 1. The smallest absolute Gasteiger partial charge is 0.396 e. The summed E-state index contributed by atoms with van der Waals surface area (Å²) >= 11 is 0. The van der Waals surface area contributed by atoms with Crippen molar-refractivity contribution in [2.24, 2.45) is 11.1 Å². The molecular formula is C14H16F4N6O3S. The fraction of sp³-hybridized carbons (Fsp3) is 0.500. The van der Waals surface area contributed by atoms with Gasteiger partial charge in [-0.15, -0.1) is 10.2 Å². The molecule has 1 fully saturated rings. The first-order valence-electron chi connectivity index (χ1n) is 8.04. The first-order chi connectivity index (χ1) is 13.0. The molecular weight excluding hydrogens is 408 g/mol. The summed E-state index contributed by atoms with van der Waals surface area (Å²) in [5.74, 6) is -1.04. The lowest BCUT2D eigenvalue weighted by atomic mass is 9.94. The number of aliphatic hydroxyl groups is 1. The number of hydrogen-bond donors (Lipinski definition) is 3. The van der Waals surface area contributed by atoms with Gasteiger partial charge in [0.15, 0.2) is 0 Å². The summed E-state index contributed by atoms with van der Waals surface area (Å²) in [6.07, 6.45) is -6.27. The van der Waals surface area contributed by atoms with Crippen LogP contribution in [0.3, 0.4) is 0 Å². The van der Waals surface area contributed by atoms with E-state index in [-0.39, 0.29) is 31.8 Å². The Labute approximate surface area is 156 Å². The first-order valence-corrected chi connectivity index (χ1v) is 9.59. The largest absolute Gasteiger partial charge is 0.417 e. The van der Waals surface area contributed by atoms with E-state index < -0.39 is 50.1 Å². The van der Waals surface area contributed by atoms with E-state index in [2.05, 4.69) is 20.6 Å². The van der Waals surface area contributed by atoms with Crippen LogP contribution in [0.25, 0.3) is 11.4 Å². The lowest BCUT2D eigenvalue weighted by molar-refractivity contribution is -0.139. The standard InChI is InChI=1S/C14H16F4N6O3S/c15-9-5-24(4-3-7(9)6-25)10-2-1-8(14(16,17)18)12(28(19,26)27)11(10)13-20-22-23-21-13/h1-2,7,9,25H,3-6H2,(H2,19,26,27)(H,20,21,22,23)/t7-,9-/m1/s1. The van der Waals surface area contributed by atoms with E-state index in [9.17, 15) is 31.1 Å². The van der Waals surface area contributed by atoms with E-state index >= 15 is 0 Å². The number of piperidine rings is 1. The molecule has 0 radical (unpaired) electrons. The topological polar surface area (TPSA) is 138 Å². The van der Waals surface area contributed by atoms with Gasteiger partial charge < -0.3 is 10.0 Å². The highest BCUT2D eigenvalue weighted by atomic mass is 32.2. The van der Waals surface area contributed by atoms with Crippen LogP contribution < -0.4 is 10.0 Å². The third-order valence-corrected chi connectivity index (χ3v) is 5.54. The zero-order valence-electron chi connectivity index (χ0n) is 14.2. The third kappa shape index (κ3) is 3.79. The number of hydrogen-bond acceptors (Lipinski definition) is 7. The van der Waals surface area contributed by atoms with Crippen LogP contribution in [0.4, 0.5) is 23.2 Å². The van der Waals surface area contributed by atoms with E-state index in [1.54, 1.807) is 0 Å². The van der Waals surface area contributed by atoms with Crippen molar-refractivity contribution in [3.63, 3.8) is 0 Å². The minimum atomic E-state index is -5.02. The van der Waals surface area contributed by atoms with Gasteiger partial charge in [0.05, 0.1) is 11.1 Å². The number of nitrogens with one attached hydrogen (secondary N) is 1. The Hall–Kier alpha value is -2.32. The normalized spacial score (nSPS) is 21.1. The van der Waals surface area contributed by atoms with Crippen molar-refractivity contribution in [2.45, 2.75) is 23.7 Å². The molecule has 0 aliphatic carbocycles. The van der Waals surface area contributed by atoms with Gasteiger partial charge >= 0.3 is 6.18 Å². The predicted molar refractivity (Wildman–Crippen MR) is 88.3 cm³/mol. The predicted octanol–water partition coefficient (Wildman–Crippen LogP) is 0.690. The highest BCUT2D eigenvalue weighted by molar-refractivity contribution is 7.89. The van der Waals surface area contributed by atoms with E-state index in [1.807, 2.05) is 0 Å². The Morgan fingerprint density at radius 1 is 1.36 bits per heavy atom. The minimum Gasteiger partial charge on any atom is -0.396 e. The number of benzene rings is 1. The summed E-state index contributed by atoms with van der Waals surface area (Å²) in [5, 5.41) is 26.8. The number of anilines is 1. The van der Waals surface area contributed by atoms with Crippen LogP contribution in [-0.2, 0) is 16.2 Å². The van der Waals surface area contributed by atoms with Crippen molar-refractivity contribution < 1.29 is 31.1 Å². The number of sulfonamides is 1. The second-order valence-corrected chi connectivity index (χ2v) is 7.81. The first kappa shape index (κ1) is 20.4. The number of alkyl halides is 4. The fourth-order valence-electron chi connectivity index (χ4n) is 3.22. The van der Waals surface area contributed by atoms with Gasteiger partial charge in [-0.1, -0.05) is 0 Å². The Kier molecular flexibility index (Phi) is 5.29. The number of H-pyrrole nitrogens is 1. The van der Waals surface area contributed by atoms with Crippen molar-refractivity contribution in [1.82, 2.24) is 20.6 Å². The van der Waals surface area contributed by atoms with Crippen LogP contribution in [0.5, 0.6) is 0 Å². The monoisotopic (exact) mass is 424 g/mol. The molecule has 1 aliphatic heterocycles. The second-order valence-electron chi connectivity index (χ2n) is 6.31. The number of nitrogens with two attached hydrogens (primary N) is 1. The maximum absolute atomic E-state index is 14.3. The highest BCUT2D eigenvalue weighted by Crippen LogP contribution is 2.43. The summed E-state index contributed by atoms with van der Waals surface area (Å²) in [4.78, 5) is 0.163. The molecule has 28 heavy (non-hydrogen) atoms. The number of primary sulfonamides is 1. The zero-order chi connectivity index (χ0) is 20.7. The van der Waals surface area contributed by atoms with Crippen LogP contribution in [0.2, 0.25) is 0 Å². The average Bonchev–Trinajstić information content (AvgIpc) is 3.13. The van der Waals surface area contributed by atoms with Crippen molar-refractivity contribution in [3.8, 4) is 11.4 Å². The fourth-order valence-corrected chi connectivity index (χ4v) is 4.19. The zero-order valence-corrected chi connectivity index (χ0v) is 15.0. The van der Waals surface area contributed by atoms with Gasteiger partial charge in [0.2, 0.25) is 15.8 Å². The van der Waals surface area contributed by atoms with Crippen LogP contribution in [-0.4, -0.2) is 60.0 Å². The van der Waals surface area contributed by atoms with Crippen LogP contribution in [0.1, 0.15) is 12.0 Å². The molecule has 1 aromatic heterocycles. The molecule has 1 aliphatic rings. The molecule has 4 N–H and O–H groups in total.